The summed E-state index contributed by atoms with van der Waals surface area (Å²) in [5.41, 5.74) is -0.567. The molecule has 1 aliphatic rings. The number of hydrogen-bond donors (Lipinski definition) is 2. The lowest BCUT2D eigenvalue weighted by Gasteiger charge is -2.34. The zero-order valence-electron chi connectivity index (χ0n) is 18.3. The van der Waals surface area contributed by atoms with E-state index in [4.69, 9.17) is 4.99 Å². The van der Waals surface area contributed by atoms with Crippen molar-refractivity contribution in [2.45, 2.75) is 51.6 Å². The highest BCUT2D eigenvalue weighted by Gasteiger charge is 2.32. The van der Waals surface area contributed by atoms with Crippen molar-refractivity contribution in [1.29, 1.82) is 0 Å². The van der Waals surface area contributed by atoms with Crippen molar-refractivity contribution in [3.05, 3.63) is 35.4 Å². The number of alkyl halides is 3. The molecule has 1 fully saturated rings. The van der Waals surface area contributed by atoms with Crippen molar-refractivity contribution in [2.75, 3.05) is 33.2 Å². The molecule has 1 amide bonds. The number of guanidine groups is 1. The molecule has 0 spiro atoms. The Balaban J connectivity index is 2.08. The fourth-order valence-electron chi connectivity index (χ4n) is 3.62. The first-order chi connectivity index (χ1) is 14.1. The molecule has 5 nitrogen and oxygen atoms in total. The van der Waals surface area contributed by atoms with Crippen LogP contribution in [0.15, 0.2) is 29.3 Å². The smallest absolute Gasteiger partial charge is 0.359 e. The highest BCUT2D eigenvalue weighted by atomic mass is 19.4. The molecule has 0 unspecified atom stereocenters. The van der Waals surface area contributed by atoms with E-state index in [9.17, 15) is 18.0 Å². The predicted molar refractivity (Wildman–Crippen MR) is 113 cm³/mol. The molecular weight excluding hydrogens is 393 g/mol. The summed E-state index contributed by atoms with van der Waals surface area (Å²) in [7, 11) is 1.65. The largest absolute Gasteiger partial charge is 0.416 e. The normalized spacial score (nSPS) is 16.5. The van der Waals surface area contributed by atoms with Crippen LogP contribution < -0.4 is 10.6 Å². The van der Waals surface area contributed by atoms with E-state index in [-0.39, 0.29) is 5.91 Å². The van der Waals surface area contributed by atoms with Crippen LogP contribution in [0.2, 0.25) is 0 Å². The van der Waals surface area contributed by atoms with Crippen LogP contribution in [-0.2, 0) is 16.4 Å². The number of likely N-dealkylation sites (tertiary alicyclic amines) is 1. The minimum absolute atomic E-state index is 0.0665. The molecule has 0 saturated carbocycles. The van der Waals surface area contributed by atoms with Crippen molar-refractivity contribution in [2.24, 2.45) is 10.9 Å². The summed E-state index contributed by atoms with van der Waals surface area (Å²) >= 11 is 0. The predicted octanol–water partition coefficient (Wildman–Crippen LogP) is 3.80. The Labute approximate surface area is 177 Å². The third-order valence-corrected chi connectivity index (χ3v) is 5.60. The highest BCUT2D eigenvalue weighted by molar-refractivity contribution is 5.80. The van der Waals surface area contributed by atoms with Gasteiger partial charge in [-0.05, 0) is 37.3 Å². The van der Waals surface area contributed by atoms with Gasteiger partial charge in [-0.2, -0.15) is 13.2 Å². The molecule has 0 aromatic heterocycles. The van der Waals surface area contributed by atoms with Gasteiger partial charge in [0.1, 0.15) is 0 Å². The number of nitrogens with one attached hydrogen (secondary N) is 2. The van der Waals surface area contributed by atoms with E-state index in [1.54, 1.807) is 13.1 Å². The number of nitrogens with zero attached hydrogens (tertiary/aromatic N) is 2. The maximum Gasteiger partial charge on any atom is 0.416 e. The van der Waals surface area contributed by atoms with Crippen molar-refractivity contribution in [3.63, 3.8) is 0 Å². The highest BCUT2D eigenvalue weighted by Crippen LogP contribution is 2.33. The number of aliphatic imine (C=N–C) groups is 1. The van der Waals surface area contributed by atoms with Crippen molar-refractivity contribution in [3.8, 4) is 0 Å². The molecule has 1 heterocycles. The van der Waals surface area contributed by atoms with Gasteiger partial charge in [0.25, 0.3) is 0 Å². The van der Waals surface area contributed by atoms with E-state index in [1.807, 2.05) is 20.8 Å². The Hall–Kier alpha value is -2.25. The second-order valence-electron chi connectivity index (χ2n) is 8.44. The Morgan fingerprint density at radius 2 is 1.83 bits per heavy atom. The molecule has 1 aliphatic heterocycles. The lowest BCUT2D eigenvalue weighted by molar-refractivity contribution is -0.137. The van der Waals surface area contributed by atoms with E-state index in [2.05, 4.69) is 15.5 Å². The second-order valence-corrected chi connectivity index (χ2v) is 8.44. The molecule has 1 aromatic carbocycles. The molecule has 2 N–H and O–H groups in total. The number of hydrogen-bond acceptors (Lipinski definition) is 2. The van der Waals surface area contributed by atoms with E-state index < -0.39 is 17.2 Å². The minimum atomic E-state index is -4.36. The summed E-state index contributed by atoms with van der Waals surface area (Å²) in [6.07, 6.45) is -1.99. The Morgan fingerprint density at radius 3 is 2.40 bits per heavy atom. The summed E-state index contributed by atoms with van der Waals surface area (Å²) in [4.78, 5) is 18.5. The molecule has 8 heteroatoms. The van der Waals surface area contributed by atoms with Gasteiger partial charge in [0.15, 0.2) is 5.96 Å². The van der Waals surface area contributed by atoms with Crippen LogP contribution in [0, 0.1) is 5.92 Å². The molecule has 2 rings (SSSR count). The summed E-state index contributed by atoms with van der Waals surface area (Å²) in [6.45, 7) is 8.49. The SMILES string of the molecule is CCNC(=NCC(C)(C)c1cccc(C(F)(F)F)c1)N1CCC(CC(=O)NC)CC1. The minimum Gasteiger partial charge on any atom is -0.359 e. The number of halogens is 3. The number of carbonyl (C=O) groups excluding carboxylic acids is 1. The van der Waals surface area contributed by atoms with Gasteiger partial charge in [-0.25, -0.2) is 0 Å². The average Bonchev–Trinajstić information content (AvgIpc) is 2.71. The van der Waals surface area contributed by atoms with Gasteiger partial charge in [-0.1, -0.05) is 32.0 Å². The van der Waals surface area contributed by atoms with Crippen molar-refractivity contribution < 1.29 is 18.0 Å². The second kappa shape index (κ2) is 10.2. The monoisotopic (exact) mass is 426 g/mol. The van der Waals surface area contributed by atoms with Gasteiger partial charge in [-0.3, -0.25) is 9.79 Å². The van der Waals surface area contributed by atoms with Gasteiger partial charge in [-0.15, -0.1) is 0 Å². The van der Waals surface area contributed by atoms with Gasteiger partial charge < -0.3 is 15.5 Å². The Kier molecular flexibility index (Phi) is 8.15. The van der Waals surface area contributed by atoms with Crippen LogP contribution in [0.4, 0.5) is 13.2 Å². The van der Waals surface area contributed by atoms with E-state index >= 15 is 0 Å². The van der Waals surface area contributed by atoms with E-state index in [1.165, 1.54) is 12.1 Å². The fraction of sp³-hybridized carbons (Fsp3) is 0.636. The molecule has 0 aliphatic carbocycles. The number of rotatable bonds is 6. The number of benzene rings is 1. The molecule has 1 saturated heterocycles. The first-order valence-electron chi connectivity index (χ1n) is 10.5. The third-order valence-electron chi connectivity index (χ3n) is 5.60. The summed E-state index contributed by atoms with van der Waals surface area (Å²) < 4.78 is 39.2. The number of piperidine rings is 1. The van der Waals surface area contributed by atoms with E-state index in [0.717, 1.165) is 38.0 Å². The van der Waals surface area contributed by atoms with Crippen LogP contribution in [-0.4, -0.2) is 50.0 Å². The quantitative estimate of drug-likeness (QED) is 0.538. The zero-order valence-corrected chi connectivity index (χ0v) is 18.3. The molecule has 0 radical (unpaired) electrons. The molecule has 0 bridgehead atoms. The zero-order chi connectivity index (χ0) is 22.4. The summed E-state index contributed by atoms with van der Waals surface area (Å²) in [6, 6.07) is 5.48. The first kappa shape index (κ1) is 24.0. The van der Waals surface area contributed by atoms with Crippen molar-refractivity contribution in [1.82, 2.24) is 15.5 Å². The van der Waals surface area contributed by atoms with Gasteiger partial charge >= 0.3 is 6.18 Å². The molecule has 1 aromatic rings. The summed E-state index contributed by atoms with van der Waals surface area (Å²) in [5, 5.41) is 5.97. The van der Waals surface area contributed by atoms with Crippen LogP contribution in [0.25, 0.3) is 0 Å². The van der Waals surface area contributed by atoms with Gasteiger partial charge in [0.05, 0.1) is 12.1 Å². The van der Waals surface area contributed by atoms with Gasteiger partial charge in [0, 0.05) is 38.5 Å². The van der Waals surface area contributed by atoms with Crippen LogP contribution in [0.3, 0.4) is 0 Å². The Morgan fingerprint density at radius 1 is 1.20 bits per heavy atom. The lowest BCUT2D eigenvalue weighted by Crippen LogP contribution is -2.46. The number of carbonyl (C=O) groups is 1. The first-order valence-corrected chi connectivity index (χ1v) is 10.5. The molecular formula is C22H33F3N4O. The third kappa shape index (κ3) is 6.64. The summed E-state index contributed by atoms with van der Waals surface area (Å²) in [5.74, 6) is 1.21. The maximum atomic E-state index is 13.1. The molecule has 168 valence electrons. The average molecular weight is 427 g/mol. The molecule has 30 heavy (non-hydrogen) atoms. The van der Waals surface area contributed by atoms with Gasteiger partial charge in [0.2, 0.25) is 5.91 Å². The molecule has 0 atom stereocenters. The van der Waals surface area contributed by atoms with Crippen molar-refractivity contribution >= 4 is 11.9 Å². The van der Waals surface area contributed by atoms with Crippen LogP contribution in [0.5, 0.6) is 0 Å². The maximum absolute atomic E-state index is 13.1. The lowest BCUT2D eigenvalue weighted by atomic mass is 9.84. The number of amides is 1. The van der Waals surface area contributed by atoms with Crippen LogP contribution in [0.1, 0.15) is 51.2 Å². The topological polar surface area (TPSA) is 56.7 Å². The Bertz CT molecular complexity index is 738. The van der Waals surface area contributed by atoms with E-state index in [0.29, 0.717) is 31.0 Å². The van der Waals surface area contributed by atoms with Crippen LogP contribution >= 0.6 is 0 Å². The fourth-order valence-corrected chi connectivity index (χ4v) is 3.62. The standard InChI is InChI=1S/C22H33F3N4O/c1-5-27-20(29-11-9-16(10-12-29)13-19(30)26-4)28-15-21(2,3)17-7-6-8-18(14-17)22(23,24)25/h6-8,14,16H,5,9-13,15H2,1-4H3,(H,26,30)(H,27,28).